The zero-order valence-electron chi connectivity index (χ0n) is 67.5. The summed E-state index contributed by atoms with van der Waals surface area (Å²) in [5.74, 6) is -0.603. The van der Waals surface area contributed by atoms with Gasteiger partial charge in [-0.15, -0.1) is 0 Å². The molecule has 0 heterocycles. The Hall–Kier alpha value is -17.0. The van der Waals surface area contributed by atoms with Crippen molar-refractivity contribution in [1.82, 2.24) is 0 Å². The summed E-state index contributed by atoms with van der Waals surface area (Å²) in [7, 11) is 0. The van der Waals surface area contributed by atoms with E-state index >= 15 is 0 Å². The number of halogens is 2. The Morgan fingerprint density at radius 1 is 0.210 bits per heavy atom. The topological polar surface area (TPSA) is 45.5 Å². The van der Waals surface area contributed by atoms with E-state index in [4.69, 9.17) is 13.1 Å². The van der Waals surface area contributed by atoms with Gasteiger partial charge in [-0.05, 0) is 235 Å². The molecule has 0 atom stereocenters. The zero-order valence-corrected chi connectivity index (χ0v) is 67.5. The first-order valence-corrected chi connectivity index (χ1v) is 40.8. The van der Waals surface area contributed by atoms with E-state index in [-0.39, 0.29) is 11.6 Å². The lowest BCUT2D eigenvalue weighted by Crippen LogP contribution is -2.11. The first kappa shape index (κ1) is 79.4. The van der Waals surface area contributed by atoms with Crippen molar-refractivity contribution in [2.45, 2.75) is 0 Å². The third kappa shape index (κ3) is 17.9. The van der Waals surface area contributed by atoms with Gasteiger partial charge in [-0.3, -0.25) is 0 Å². The van der Waals surface area contributed by atoms with Crippen LogP contribution in [0.15, 0.2) is 479 Å². The molecular formula is C115H79F2N7. The molecular weight excluding hydrogens is 1520 g/mol. The number of anilines is 12. The molecule has 0 spiro atoms. The Morgan fingerprint density at radius 2 is 0.460 bits per heavy atom. The third-order valence-electron chi connectivity index (χ3n) is 21.7. The molecule has 7 nitrogen and oxygen atoms in total. The summed E-state index contributed by atoms with van der Waals surface area (Å²) in [5.41, 5.74) is 22.6. The fourth-order valence-electron chi connectivity index (χ4n) is 15.8. The fraction of sp³-hybridized carbons (Fsp3) is 0. The first-order chi connectivity index (χ1) is 61.2. The highest BCUT2D eigenvalue weighted by Gasteiger charge is 2.25. The van der Waals surface area contributed by atoms with E-state index in [1.807, 2.05) is 163 Å². The van der Waals surface area contributed by atoms with Crippen molar-refractivity contribution in [2.75, 3.05) is 19.6 Å². The van der Waals surface area contributed by atoms with E-state index in [0.717, 1.165) is 118 Å². The number of para-hydroxylation sites is 5. The van der Waals surface area contributed by atoms with Crippen LogP contribution >= 0.6 is 0 Å². The second-order valence-corrected chi connectivity index (χ2v) is 29.5. The summed E-state index contributed by atoms with van der Waals surface area (Å²) < 4.78 is 27.4. The van der Waals surface area contributed by atoms with Crippen molar-refractivity contribution in [3.8, 4) is 50.6 Å². The number of fused-ring (bicyclic) bond motifs is 4. The van der Waals surface area contributed by atoms with Gasteiger partial charge in [0.05, 0.1) is 53.2 Å². The monoisotopic (exact) mass is 1600 g/mol. The maximum Gasteiger partial charge on any atom is 0.210 e. The minimum absolute atomic E-state index is 0.301. The van der Waals surface area contributed by atoms with Crippen molar-refractivity contribution in [3.05, 3.63) is 519 Å². The second kappa shape index (κ2) is 37.7. The van der Waals surface area contributed by atoms with Crippen LogP contribution < -0.4 is 19.6 Å². The van der Waals surface area contributed by atoms with Crippen LogP contribution in [-0.2, 0) is 0 Å². The Kier molecular flexibility index (Phi) is 24.2. The normalized spacial score (nSPS) is 10.6. The van der Waals surface area contributed by atoms with Crippen molar-refractivity contribution in [3.63, 3.8) is 0 Å². The zero-order chi connectivity index (χ0) is 84.3. The molecule has 0 aliphatic heterocycles. The summed E-state index contributed by atoms with van der Waals surface area (Å²) in [4.78, 5) is 16.1. The van der Waals surface area contributed by atoms with Gasteiger partial charge >= 0.3 is 0 Å². The van der Waals surface area contributed by atoms with Gasteiger partial charge in [-0.25, -0.2) is 18.5 Å². The lowest BCUT2D eigenvalue weighted by molar-refractivity contribution is 0.628. The maximum atomic E-state index is 13.7. The highest BCUT2D eigenvalue weighted by atomic mass is 19.1. The molecule has 0 bridgehead atoms. The van der Waals surface area contributed by atoms with Crippen molar-refractivity contribution >= 4 is 123 Å². The standard InChI is InChI=1S/3C29H20N2.C28H19F2N/c1-30-27-18-10-11-19-28(27)31(25-16-6-3-7-17-25)29-21-24-15-9-8-14-23(24)20-26(29)22-12-4-2-5-13-22;1-30-25-16-18-27(19-17-25)31(26-14-6-3-7-15-26)29-21-24-13-9-8-12-23(24)20-28(29)22-10-4-2-5-11-22;30-21-22-10-9-17-27(18-22)31(26-15-5-2-6-16-26)29-20-25-14-8-7-13-24(25)19-28(29)23-11-3-1-4-12-23;29-23-10-14-25(15-11-23)31(26-16-12-24(30)13-17-26)28-19-22-9-5-4-8-21(22)18-27(28)20-6-2-1-3-7-20/h2*2-21H;1-20H;1-19H. The summed E-state index contributed by atoms with van der Waals surface area (Å²) in [6.45, 7) is 15.0. The third-order valence-corrected chi connectivity index (χ3v) is 21.7. The second-order valence-electron chi connectivity index (χ2n) is 29.5. The largest absolute Gasteiger partial charge is 0.320 e. The van der Waals surface area contributed by atoms with Crippen LogP contribution in [0.25, 0.3) is 97.3 Å². The summed E-state index contributed by atoms with van der Waals surface area (Å²) in [5, 5.41) is 18.8. The molecule has 0 radical (unpaired) electrons. The van der Waals surface area contributed by atoms with Crippen LogP contribution in [0.1, 0.15) is 5.56 Å². The molecule has 20 aromatic carbocycles. The number of hydrogen-bond acceptors (Lipinski definition) is 5. The molecule has 0 fully saturated rings. The number of hydrogen-bond donors (Lipinski definition) is 0. The number of nitriles is 1. The highest BCUT2D eigenvalue weighted by molar-refractivity contribution is 6.04. The van der Waals surface area contributed by atoms with Crippen LogP contribution in [0, 0.1) is 36.1 Å². The van der Waals surface area contributed by atoms with Crippen LogP contribution in [-0.4, -0.2) is 0 Å². The minimum Gasteiger partial charge on any atom is -0.320 e. The molecule has 0 amide bonds. The van der Waals surface area contributed by atoms with Crippen LogP contribution in [0.5, 0.6) is 0 Å². The van der Waals surface area contributed by atoms with Gasteiger partial charge < -0.3 is 19.6 Å². The molecule has 0 aliphatic rings. The smallest absolute Gasteiger partial charge is 0.210 e. The first-order valence-electron chi connectivity index (χ1n) is 40.8. The van der Waals surface area contributed by atoms with E-state index in [1.54, 1.807) is 24.3 Å². The van der Waals surface area contributed by atoms with Crippen molar-refractivity contribution < 1.29 is 8.78 Å². The van der Waals surface area contributed by atoms with E-state index in [2.05, 4.69) is 303 Å². The SMILES string of the molecule is Fc1ccc(N(c2ccc(F)cc2)c2cc3ccccc3cc2-c2ccccc2)cc1.N#Cc1cccc(N(c2ccccc2)c2cc3ccccc3cc2-c2ccccc2)c1.[C-]#[N+]c1ccc(N(c2ccccc2)c2cc3ccccc3cc2-c2ccccc2)cc1.[C-]#[N+]c1ccccc1N(c1ccccc1)c1cc2ccccc2cc1-c1ccccc1. The Morgan fingerprint density at radius 3 is 0.774 bits per heavy atom. The van der Waals surface area contributed by atoms with Gasteiger partial charge in [0, 0.05) is 62.1 Å². The van der Waals surface area contributed by atoms with E-state index < -0.39 is 0 Å². The van der Waals surface area contributed by atoms with Crippen LogP contribution in [0.3, 0.4) is 0 Å². The molecule has 0 N–H and O–H groups in total. The lowest BCUT2D eigenvalue weighted by atomic mass is 9.97. The van der Waals surface area contributed by atoms with Crippen molar-refractivity contribution in [1.29, 1.82) is 5.26 Å². The summed E-state index contributed by atoms with van der Waals surface area (Å²) in [6.07, 6.45) is 0. The van der Waals surface area contributed by atoms with Gasteiger partial charge in [0.15, 0.2) is 5.69 Å². The number of rotatable bonds is 16. The molecule has 20 aromatic rings. The van der Waals surface area contributed by atoms with E-state index in [9.17, 15) is 14.0 Å². The fourth-order valence-corrected chi connectivity index (χ4v) is 15.8. The number of benzene rings is 20. The number of nitrogens with zero attached hydrogens (tertiary/aromatic N) is 7. The molecule has 124 heavy (non-hydrogen) atoms. The van der Waals surface area contributed by atoms with Crippen molar-refractivity contribution in [2.24, 2.45) is 0 Å². The summed E-state index contributed by atoms with van der Waals surface area (Å²) >= 11 is 0. The minimum atomic E-state index is -0.301. The maximum absolute atomic E-state index is 13.7. The molecule has 0 saturated heterocycles. The molecule has 0 saturated carbocycles. The predicted octanol–water partition coefficient (Wildman–Crippen LogP) is 33.2. The van der Waals surface area contributed by atoms with Gasteiger partial charge in [0.25, 0.3) is 0 Å². The van der Waals surface area contributed by atoms with Crippen LogP contribution in [0.2, 0.25) is 0 Å². The van der Waals surface area contributed by atoms with E-state index in [0.29, 0.717) is 16.9 Å². The predicted molar refractivity (Wildman–Crippen MR) is 513 cm³/mol. The van der Waals surface area contributed by atoms with Gasteiger partial charge in [0.1, 0.15) is 11.6 Å². The van der Waals surface area contributed by atoms with Gasteiger partial charge in [-0.2, -0.15) is 5.26 Å². The molecule has 0 aromatic heterocycles. The summed E-state index contributed by atoms with van der Waals surface area (Å²) in [6, 6.07) is 162. The van der Waals surface area contributed by atoms with Crippen LogP contribution in [0.4, 0.5) is 88.4 Å². The molecule has 20 rings (SSSR count). The average molecular weight is 1600 g/mol. The lowest BCUT2D eigenvalue weighted by Gasteiger charge is -2.29. The Balaban J connectivity index is 0.000000117. The molecule has 0 unspecified atom stereocenters. The van der Waals surface area contributed by atoms with E-state index in [1.165, 1.54) is 62.1 Å². The molecule has 0 aliphatic carbocycles. The van der Waals surface area contributed by atoms with Gasteiger partial charge in [0.2, 0.25) is 5.69 Å². The quantitative estimate of drug-likeness (QED) is 0.0902. The Labute approximate surface area is 721 Å². The van der Waals surface area contributed by atoms with Gasteiger partial charge in [-0.1, -0.05) is 309 Å². The molecule has 9 heteroatoms. The highest BCUT2D eigenvalue weighted by Crippen LogP contribution is 2.50. The average Bonchev–Trinajstić information content (AvgIpc) is 0.782. The molecule has 588 valence electrons. The Bertz CT molecular complexity index is 7160.